The highest BCUT2D eigenvalue weighted by Gasteiger charge is 2.45. The molecule has 3 aromatic carbocycles. The number of aromatic nitrogens is 2. The molecule has 326 valence electrons. The predicted molar refractivity (Wildman–Crippen MR) is 222 cm³/mol. The van der Waals surface area contributed by atoms with Crippen LogP contribution in [0, 0.1) is 0 Å². The van der Waals surface area contributed by atoms with E-state index in [-0.39, 0.29) is 74.4 Å². The van der Waals surface area contributed by atoms with Gasteiger partial charge >= 0.3 is 6.09 Å². The van der Waals surface area contributed by atoms with Gasteiger partial charge in [-0.1, -0.05) is 24.3 Å². The summed E-state index contributed by atoms with van der Waals surface area (Å²) in [5.74, 6) is -1.54. The summed E-state index contributed by atoms with van der Waals surface area (Å²) < 4.78 is 29.6. The lowest BCUT2D eigenvalue weighted by Gasteiger charge is -2.32. The highest BCUT2D eigenvalue weighted by atomic mass is 16.6. The van der Waals surface area contributed by atoms with Crippen molar-refractivity contribution >= 4 is 47.1 Å². The van der Waals surface area contributed by atoms with E-state index < -0.39 is 41.7 Å². The lowest BCUT2D eigenvalue weighted by Crippen LogP contribution is -2.54. The third kappa shape index (κ3) is 10.0. The molecule has 19 nitrogen and oxygen atoms in total. The van der Waals surface area contributed by atoms with Crippen molar-refractivity contribution in [2.45, 2.75) is 37.8 Å². The molecule has 0 spiro atoms. The monoisotopic (exact) mass is 852 g/mol. The molecule has 0 aliphatic carbocycles. The summed E-state index contributed by atoms with van der Waals surface area (Å²) >= 11 is 0. The largest absolute Gasteiger partial charge is 0.457 e. The number of hydrogen-bond donors (Lipinski definition) is 4. The minimum atomic E-state index is -1.04. The first-order chi connectivity index (χ1) is 30.1. The number of imide groups is 2. The van der Waals surface area contributed by atoms with Crippen molar-refractivity contribution < 1.29 is 52.5 Å². The second-order valence-corrected chi connectivity index (χ2v) is 14.7. The first-order valence-electron chi connectivity index (χ1n) is 20.3. The fourth-order valence-corrected chi connectivity index (χ4v) is 7.54. The molecular formula is C43H48N8O11. The molecule has 3 aliphatic heterocycles. The molecule has 2 atom stereocenters. The van der Waals surface area contributed by atoms with Crippen molar-refractivity contribution in [2.75, 3.05) is 76.9 Å². The van der Waals surface area contributed by atoms with Crippen LogP contribution in [0.3, 0.4) is 0 Å². The zero-order valence-corrected chi connectivity index (χ0v) is 33.9. The molecule has 7 rings (SSSR count). The van der Waals surface area contributed by atoms with Gasteiger partial charge in [0.2, 0.25) is 11.8 Å². The molecular weight excluding hydrogens is 805 g/mol. The molecule has 2 fully saturated rings. The number of carbonyl (C=O) groups excluding carboxylic acids is 6. The Bertz CT molecular complexity index is 2280. The van der Waals surface area contributed by atoms with Gasteiger partial charge < -0.3 is 45.4 Å². The molecule has 6 amide bonds. The number of nitrogens with zero attached hydrogens (tertiary/aromatic N) is 4. The number of rotatable bonds is 19. The second-order valence-electron chi connectivity index (χ2n) is 14.7. The van der Waals surface area contributed by atoms with Gasteiger partial charge in [-0.15, -0.1) is 0 Å². The van der Waals surface area contributed by atoms with Gasteiger partial charge in [0, 0.05) is 37.3 Å². The van der Waals surface area contributed by atoms with E-state index in [1.807, 2.05) is 30.3 Å². The van der Waals surface area contributed by atoms with Crippen LogP contribution in [-0.2, 0) is 28.5 Å². The van der Waals surface area contributed by atoms with E-state index >= 15 is 0 Å². The first-order valence-corrected chi connectivity index (χ1v) is 20.3. The maximum Gasteiger partial charge on any atom is 0.409 e. The number of nitrogens with one attached hydrogen (secondary N) is 2. The summed E-state index contributed by atoms with van der Waals surface area (Å²) in [6.07, 6.45) is 0.978. The van der Waals surface area contributed by atoms with Crippen molar-refractivity contribution in [1.82, 2.24) is 24.9 Å². The number of nitrogen functional groups attached to an aromatic ring is 1. The zero-order valence-electron chi connectivity index (χ0n) is 33.9. The van der Waals surface area contributed by atoms with Crippen molar-refractivity contribution in [3.63, 3.8) is 0 Å². The summed E-state index contributed by atoms with van der Waals surface area (Å²) in [7, 11) is 0. The minimum Gasteiger partial charge on any atom is -0.457 e. The van der Waals surface area contributed by atoms with Crippen LogP contribution in [-0.4, -0.2) is 127 Å². The number of hydrogen-bond acceptors (Lipinski definition) is 14. The number of anilines is 2. The van der Waals surface area contributed by atoms with Gasteiger partial charge in [0.15, 0.2) is 0 Å². The molecule has 0 radical (unpaired) electrons. The van der Waals surface area contributed by atoms with Crippen molar-refractivity contribution in [3.05, 3.63) is 89.5 Å². The molecule has 1 unspecified atom stereocenters. The Kier molecular flexibility index (Phi) is 14.1. The molecule has 19 heteroatoms. The van der Waals surface area contributed by atoms with E-state index in [1.165, 1.54) is 6.07 Å². The van der Waals surface area contributed by atoms with Crippen LogP contribution in [0.2, 0.25) is 0 Å². The molecule has 0 saturated carbocycles. The Balaban J connectivity index is 0.767. The summed E-state index contributed by atoms with van der Waals surface area (Å²) in [6, 6.07) is 20.0. The number of benzene rings is 3. The van der Waals surface area contributed by atoms with Crippen LogP contribution < -0.4 is 26.8 Å². The maximum absolute atomic E-state index is 13.2. The fourth-order valence-electron chi connectivity index (χ4n) is 7.54. The topological polar surface area (TPSA) is 249 Å². The van der Waals surface area contributed by atoms with Crippen LogP contribution in [0.1, 0.15) is 62.8 Å². The number of primary amides is 1. The summed E-state index contributed by atoms with van der Waals surface area (Å²) in [6.45, 7) is 2.79. The molecule has 62 heavy (non-hydrogen) atoms. The maximum atomic E-state index is 13.2. The Hall–Kier alpha value is -6.83. The summed E-state index contributed by atoms with van der Waals surface area (Å²) in [4.78, 5) is 78.2. The number of piperidine rings is 2. The van der Waals surface area contributed by atoms with E-state index in [0.29, 0.717) is 74.2 Å². The molecule has 2 saturated heterocycles. The Morgan fingerprint density at radius 2 is 1.50 bits per heavy atom. The van der Waals surface area contributed by atoms with Crippen LogP contribution >= 0.6 is 0 Å². The third-order valence-corrected chi connectivity index (χ3v) is 10.5. The Labute approximate surface area is 356 Å². The van der Waals surface area contributed by atoms with Crippen LogP contribution in [0.5, 0.6) is 11.5 Å². The van der Waals surface area contributed by atoms with Crippen LogP contribution in [0.25, 0.3) is 11.3 Å². The molecule has 4 aromatic rings. The second kappa shape index (κ2) is 20.2. The lowest BCUT2D eigenvalue weighted by molar-refractivity contribution is -0.136. The van der Waals surface area contributed by atoms with Gasteiger partial charge in [-0.3, -0.25) is 34.2 Å². The van der Waals surface area contributed by atoms with E-state index in [2.05, 4.69) is 10.6 Å². The highest BCUT2D eigenvalue weighted by molar-refractivity contribution is 6.25. The van der Waals surface area contributed by atoms with Crippen molar-refractivity contribution in [1.29, 1.82) is 0 Å². The summed E-state index contributed by atoms with van der Waals surface area (Å²) in [5.41, 5.74) is 14.1. The molecule has 3 aliphatic rings. The number of likely N-dealkylation sites (tertiary alicyclic amines) is 1. The van der Waals surface area contributed by atoms with Gasteiger partial charge in [-0.05, 0) is 67.8 Å². The average Bonchev–Trinajstić information content (AvgIpc) is 3.75. The predicted octanol–water partition coefficient (Wildman–Crippen LogP) is 3.36. The van der Waals surface area contributed by atoms with Gasteiger partial charge in [0.1, 0.15) is 41.2 Å². The first kappa shape index (κ1) is 43.3. The fraction of sp³-hybridized carbons (Fsp3) is 0.372. The third-order valence-electron chi connectivity index (χ3n) is 10.5. The molecule has 1 aromatic heterocycles. The SMILES string of the molecule is NC(=O)c1c(-c2ccc(Oc3ccccc3)cc2)nn([C@@H]2CCCN(C(=O)OCCOCCOCCOCCNc3cccc4c3C(=O)N(C3CCC(=O)NC3=O)C4=O)C2)c1N. The molecule has 6 N–H and O–H groups in total. The quantitative estimate of drug-likeness (QED) is 0.0781. The number of ether oxygens (including phenoxy) is 5. The van der Waals surface area contributed by atoms with Gasteiger partial charge in [0.05, 0.1) is 56.8 Å². The van der Waals surface area contributed by atoms with Crippen LogP contribution in [0.15, 0.2) is 72.8 Å². The standard InChI is InChI=1S/C43H48N8O11/c44-38-36(39(45)53)37(27-11-13-30(14-12-27)62-29-7-2-1-3-8-29)48-51(38)28-6-5-18-49(26-28)43(57)61-25-24-60-23-22-59-21-20-58-19-17-46-32-10-4-9-31-35(32)42(56)50(41(31)55)33-15-16-34(52)47-40(33)54/h1-4,7-14,28,33,46H,5-6,15-26,44H2,(H2,45,53)(H,47,52,54)/t28-,33?/m1/s1. The average molecular weight is 853 g/mol. The Morgan fingerprint density at radius 1 is 0.806 bits per heavy atom. The van der Waals surface area contributed by atoms with Gasteiger partial charge in [-0.2, -0.15) is 5.10 Å². The van der Waals surface area contributed by atoms with E-state index in [1.54, 1.807) is 46.0 Å². The number of carbonyl (C=O) groups is 6. The van der Waals surface area contributed by atoms with Crippen molar-refractivity contribution in [2.24, 2.45) is 5.73 Å². The Morgan fingerprint density at radius 3 is 2.21 bits per heavy atom. The highest BCUT2D eigenvalue weighted by Crippen LogP contribution is 2.34. The summed E-state index contributed by atoms with van der Waals surface area (Å²) in [5, 5.41) is 10.0. The van der Waals surface area contributed by atoms with E-state index in [4.69, 9.17) is 40.3 Å². The lowest BCUT2D eigenvalue weighted by atomic mass is 10.0. The van der Waals surface area contributed by atoms with Gasteiger partial charge in [0.25, 0.3) is 17.7 Å². The number of amides is 6. The van der Waals surface area contributed by atoms with Crippen LogP contribution in [0.4, 0.5) is 16.3 Å². The van der Waals surface area contributed by atoms with E-state index in [9.17, 15) is 28.8 Å². The molecule has 0 bridgehead atoms. The zero-order chi connectivity index (χ0) is 43.6. The number of para-hydroxylation sites is 1. The van der Waals surface area contributed by atoms with Crippen molar-refractivity contribution in [3.8, 4) is 22.8 Å². The molecule has 4 heterocycles. The normalized spacial score (nSPS) is 17.5. The number of nitrogens with two attached hydrogens (primary N) is 2. The smallest absolute Gasteiger partial charge is 0.409 e. The van der Waals surface area contributed by atoms with Gasteiger partial charge in [-0.25, -0.2) is 9.48 Å². The number of fused-ring (bicyclic) bond motifs is 1. The minimum absolute atomic E-state index is 0.0410. The van der Waals surface area contributed by atoms with E-state index in [0.717, 1.165) is 4.90 Å².